The molecule has 0 fully saturated rings. The fourth-order valence-electron chi connectivity index (χ4n) is 2.64. The van der Waals surface area contributed by atoms with Crippen LogP contribution >= 0.6 is 0 Å². The molecule has 0 spiro atoms. The van der Waals surface area contributed by atoms with Crippen LogP contribution in [0.15, 0.2) is 42.5 Å². The molecule has 112 valence electrons. The molecule has 0 aliphatic carbocycles. The highest BCUT2D eigenvalue weighted by molar-refractivity contribution is 5.46. The van der Waals surface area contributed by atoms with Crippen molar-refractivity contribution in [2.24, 2.45) is 0 Å². The Hall–Kier alpha value is -2.44. The third-order valence-electron chi connectivity index (χ3n) is 3.84. The zero-order valence-corrected chi connectivity index (χ0v) is 12.8. The van der Waals surface area contributed by atoms with Gasteiger partial charge in [-0.25, -0.2) is 0 Å². The maximum atomic E-state index is 5.33. The van der Waals surface area contributed by atoms with E-state index >= 15 is 0 Å². The summed E-state index contributed by atoms with van der Waals surface area (Å²) in [5.41, 5.74) is 3.50. The van der Waals surface area contributed by atoms with E-state index in [4.69, 9.17) is 9.47 Å². The first-order valence-corrected chi connectivity index (χ1v) is 7.36. The second-order valence-corrected chi connectivity index (χ2v) is 5.20. The molecule has 2 aromatic carbocycles. The molecule has 0 amide bonds. The van der Waals surface area contributed by atoms with Gasteiger partial charge in [0, 0.05) is 12.1 Å². The molecule has 3 heteroatoms. The highest BCUT2D eigenvalue weighted by Crippen LogP contribution is 2.26. The number of hydrogen-bond donors (Lipinski definition) is 1. The van der Waals surface area contributed by atoms with E-state index < -0.39 is 0 Å². The molecule has 0 bridgehead atoms. The second kappa shape index (κ2) is 6.55. The zero-order chi connectivity index (χ0) is 15.4. The molecule has 0 aromatic heterocycles. The van der Waals surface area contributed by atoms with Crippen molar-refractivity contribution >= 4 is 0 Å². The third-order valence-corrected chi connectivity index (χ3v) is 3.84. The number of fused-ring (bicyclic) bond motifs is 1. The standard InChI is InChI=1S/C19H19NO2/c1-21-16-5-3-4-14(12-16)6-9-19-18-13-17(22-2)8-7-15(18)10-11-20-19/h3-5,7-8,12-13,19-20H,10-11H2,1-2H3. The Labute approximate surface area is 131 Å². The van der Waals surface area contributed by atoms with Crippen LogP contribution in [0.2, 0.25) is 0 Å². The normalized spacial score (nSPS) is 16.2. The Bertz CT molecular complexity index is 728. The molecule has 1 heterocycles. The number of rotatable bonds is 2. The average molecular weight is 293 g/mol. The lowest BCUT2D eigenvalue weighted by Gasteiger charge is -2.23. The van der Waals surface area contributed by atoms with Gasteiger partial charge in [0.15, 0.2) is 0 Å². The van der Waals surface area contributed by atoms with Crippen LogP contribution in [0.4, 0.5) is 0 Å². The highest BCUT2D eigenvalue weighted by Gasteiger charge is 2.18. The second-order valence-electron chi connectivity index (χ2n) is 5.20. The Morgan fingerprint density at radius 2 is 1.86 bits per heavy atom. The topological polar surface area (TPSA) is 30.5 Å². The molecule has 1 N–H and O–H groups in total. The molecular weight excluding hydrogens is 274 g/mol. The highest BCUT2D eigenvalue weighted by atomic mass is 16.5. The van der Waals surface area contributed by atoms with Crippen molar-refractivity contribution < 1.29 is 9.47 Å². The van der Waals surface area contributed by atoms with Crippen molar-refractivity contribution in [2.45, 2.75) is 12.5 Å². The smallest absolute Gasteiger partial charge is 0.120 e. The number of nitrogens with one attached hydrogen (secondary N) is 1. The maximum absolute atomic E-state index is 5.33. The minimum absolute atomic E-state index is 0.0325. The van der Waals surface area contributed by atoms with Crippen LogP contribution in [0.25, 0.3) is 0 Å². The first-order valence-electron chi connectivity index (χ1n) is 7.36. The summed E-state index contributed by atoms with van der Waals surface area (Å²) >= 11 is 0. The van der Waals surface area contributed by atoms with Crippen LogP contribution in [0.3, 0.4) is 0 Å². The van der Waals surface area contributed by atoms with Gasteiger partial charge in [0.05, 0.1) is 20.3 Å². The van der Waals surface area contributed by atoms with Gasteiger partial charge in [0.1, 0.15) is 11.5 Å². The largest absolute Gasteiger partial charge is 0.497 e. The molecule has 1 aliphatic rings. The summed E-state index contributed by atoms with van der Waals surface area (Å²) in [6, 6.07) is 14.1. The predicted molar refractivity (Wildman–Crippen MR) is 87.3 cm³/mol. The van der Waals surface area contributed by atoms with E-state index in [0.717, 1.165) is 30.0 Å². The lowest BCUT2D eigenvalue weighted by Crippen LogP contribution is -2.28. The number of methoxy groups -OCH3 is 2. The van der Waals surface area contributed by atoms with Crippen LogP contribution in [-0.2, 0) is 6.42 Å². The first kappa shape index (κ1) is 14.5. The van der Waals surface area contributed by atoms with Gasteiger partial charge in [-0.1, -0.05) is 24.0 Å². The fourth-order valence-corrected chi connectivity index (χ4v) is 2.64. The SMILES string of the molecule is COc1cccc(C#CC2NCCc3ccc(OC)cc32)c1. The van der Waals surface area contributed by atoms with Crippen molar-refractivity contribution in [1.29, 1.82) is 0 Å². The monoisotopic (exact) mass is 293 g/mol. The van der Waals surface area contributed by atoms with Gasteiger partial charge in [0.2, 0.25) is 0 Å². The van der Waals surface area contributed by atoms with Gasteiger partial charge in [-0.3, -0.25) is 5.32 Å². The van der Waals surface area contributed by atoms with Crippen molar-refractivity contribution in [2.75, 3.05) is 20.8 Å². The number of ether oxygens (including phenoxy) is 2. The Kier molecular flexibility index (Phi) is 4.32. The van der Waals surface area contributed by atoms with E-state index in [1.807, 2.05) is 30.3 Å². The van der Waals surface area contributed by atoms with Crippen molar-refractivity contribution in [3.8, 4) is 23.3 Å². The van der Waals surface area contributed by atoms with Crippen molar-refractivity contribution in [3.63, 3.8) is 0 Å². The van der Waals surface area contributed by atoms with Crippen LogP contribution in [-0.4, -0.2) is 20.8 Å². The maximum Gasteiger partial charge on any atom is 0.120 e. The molecule has 3 nitrogen and oxygen atoms in total. The minimum Gasteiger partial charge on any atom is -0.497 e. The lowest BCUT2D eigenvalue weighted by molar-refractivity contribution is 0.413. The van der Waals surface area contributed by atoms with Gasteiger partial charge < -0.3 is 9.47 Å². The van der Waals surface area contributed by atoms with E-state index in [1.54, 1.807) is 14.2 Å². The first-order chi connectivity index (χ1) is 10.8. The summed E-state index contributed by atoms with van der Waals surface area (Å²) in [5.74, 6) is 8.25. The third kappa shape index (κ3) is 3.08. The summed E-state index contributed by atoms with van der Waals surface area (Å²) < 4.78 is 10.6. The summed E-state index contributed by atoms with van der Waals surface area (Å²) in [4.78, 5) is 0. The number of hydrogen-bond acceptors (Lipinski definition) is 3. The van der Waals surface area contributed by atoms with Crippen LogP contribution < -0.4 is 14.8 Å². The molecular formula is C19H19NO2. The van der Waals surface area contributed by atoms with E-state index in [2.05, 4.69) is 29.3 Å². The van der Waals surface area contributed by atoms with Gasteiger partial charge in [-0.2, -0.15) is 0 Å². The van der Waals surface area contributed by atoms with E-state index in [0.29, 0.717) is 0 Å². The molecule has 0 saturated heterocycles. The van der Waals surface area contributed by atoms with E-state index in [1.165, 1.54) is 11.1 Å². The van der Waals surface area contributed by atoms with E-state index in [9.17, 15) is 0 Å². The summed E-state index contributed by atoms with van der Waals surface area (Å²) in [6.45, 7) is 0.941. The average Bonchev–Trinajstić information content (AvgIpc) is 2.59. The summed E-state index contributed by atoms with van der Waals surface area (Å²) in [6.07, 6.45) is 1.02. The quantitative estimate of drug-likeness (QED) is 0.864. The minimum atomic E-state index is 0.0325. The molecule has 1 unspecified atom stereocenters. The molecule has 1 aliphatic heterocycles. The molecule has 3 rings (SSSR count). The van der Waals surface area contributed by atoms with Crippen LogP contribution in [0.5, 0.6) is 11.5 Å². The van der Waals surface area contributed by atoms with Crippen molar-refractivity contribution in [1.82, 2.24) is 5.32 Å². The molecule has 1 atom stereocenters. The van der Waals surface area contributed by atoms with E-state index in [-0.39, 0.29) is 6.04 Å². The molecule has 0 saturated carbocycles. The van der Waals surface area contributed by atoms with Gasteiger partial charge in [0.25, 0.3) is 0 Å². The zero-order valence-electron chi connectivity index (χ0n) is 12.8. The molecule has 22 heavy (non-hydrogen) atoms. The van der Waals surface area contributed by atoms with Gasteiger partial charge in [-0.05, 0) is 47.9 Å². The fraction of sp³-hybridized carbons (Fsp3) is 0.263. The van der Waals surface area contributed by atoms with Gasteiger partial charge in [-0.15, -0.1) is 0 Å². The van der Waals surface area contributed by atoms with Gasteiger partial charge >= 0.3 is 0 Å². The molecule has 2 aromatic rings. The van der Waals surface area contributed by atoms with Crippen LogP contribution in [0.1, 0.15) is 22.7 Å². The van der Waals surface area contributed by atoms with Crippen LogP contribution in [0, 0.1) is 11.8 Å². The molecule has 0 radical (unpaired) electrons. The Balaban J connectivity index is 1.90. The summed E-state index contributed by atoms with van der Waals surface area (Å²) in [5, 5.41) is 3.47. The number of benzene rings is 2. The van der Waals surface area contributed by atoms with Crippen molar-refractivity contribution in [3.05, 3.63) is 59.2 Å². The predicted octanol–water partition coefficient (Wildman–Crippen LogP) is 2.94. The lowest BCUT2D eigenvalue weighted by atomic mass is 9.94. The Morgan fingerprint density at radius 1 is 1.05 bits per heavy atom. The summed E-state index contributed by atoms with van der Waals surface area (Å²) in [7, 11) is 3.35. The Morgan fingerprint density at radius 3 is 2.68 bits per heavy atom.